The van der Waals surface area contributed by atoms with E-state index in [1.165, 1.54) is 28.4 Å². The highest BCUT2D eigenvalue weighted by atomic mass is 32.2. The average molecular weight is 592 g/mol. The first kappa shape index (κ1) is 28.7. The molecule has 0 aliphatic heterocycles. The van der Waals surface area contributed by atoms with E-state index < -0.39 is 21.6 Å². The molecule has 11 nitrogen and oxygen atoms in total. The summed E-state index contributed by atoms with van der Waals surface area (Å²) in [7, 11) is 1.89. The molecule has 0 bridgehead atoms. The van der Waals surface area contributed by atoms with E-state index in [1.807, 2.05) is 0 Å². The topological polar surface area (TPSA) is 139 Å². The first-order chi connectivity index (χ1) is 20.2. The maximum absolute atomic E-state index is 13.7. The third-order valence-electron chi connectivity index (χ3n) is 6.71. The molecule has 0 radical (unpaired) electrons. The molecule has 0 aliphatic rings. The van der Waals surface area contributed by atoms with Gasteiger partial charge < -0.3 is 28.7 Å². The second-order valence-electron chi connectivity index (χ2n) is 9.14. The normalized spacial score (nSPS) is 11.5. The molecular weight excluding hydrogens is 562 g/mol. The number of aromatic nitrogens is 3. The van der Waals surface area contributed by atoms with Crippen molar-refractivity contribution in [3.05, 3.63) is 65.9 Å². The van der Waals surface area contributed by atoms with E-state index in [1.54, 1.807) is 61.5 Å². The van der Waals surface area contributed by atoms with E-state index in [4.69, 9.17) is 23.7 Å². The third-order valence-corrected chi connectivity index (χ3v) is 8.14. The summed E-state index contributed by atoms with van der Waals surface area (Å²) in [4.78, 5) is 25.4. The highest BCUT2D eigenvalue weighted by molar-refractivity contribution is 7.90. The Balaban J connectivity index is 1.83. The smallest absolute Gasteiger partial charge is 0.340 e. The first-order valence-corrected chi connectivity index (χ1v) is 14.5. The van der Waals surface area contributed by atoms with Crippen molar-refractivity contribution in [2.45, 2.75) is 17.8 Å². The summed E-state index contributed by atoms with van der Waals surface area (Å²) in [6.07, 6.45) is 0. The van der Waals surface area contributed by atoms with Crippen LogP contribution in [-0.4, -0.2) is 64.4 Å². The number of sulfone groups is 1. The van der Waals surface area contributed by atoms with Gasteiger partial charge in [-0.1, -0.05) is 18.2 Å². The molecule has 0 spiro atoms. The molecule has 42 heavy (non-hydrogen) atoms. The number of aromatic amines is 1. The largest absolute Gasteiger partial charge is 0.493 e. The number of nitrogens with zero attached hydrogens (tertiary/aromatic N) is 2. The molecule has 0 unspecified atom stereocenters. The highest BCUT2D eigenvalue weighted by Crippen LogP contribution is 2.42. The minimum atomic E-state index is -4.10. The van der Waals surface area contributed by atoms with Crippen molar-refractivity contribution in [1.29, 1.82) is 0 Å². The fourth-order valence-electron chi connectivity index (χ4n) is 4.79. The molecule has 3 aromatic carbocycles. The van der Waals surface area contributed by atoms with E-state index >= 15 is 0 Å². The van der Waals surface area contributed by atoms with Crippen LogP contribution in [0.2, 0.25) is 0 Å². The molecule has 5 rings (SSSR count). The molecule has 0 saturated carbocycles. The van der Waals surface area contributed by atoms with Gasteiger partial charge in [0.25, 0.3) is 0 Å². The molecule has 0 amide bonds. The molecule has 0 aliphatic carbocycles. The number of nitrogens with one attached hydrogen (secondary N) is 1. The third kappa shape index (κ3) is 5.16. The lowest BCUT2D eigenvalue weighted by molar-refractivity contribution is 0.0526. The number of hydrogen-bond donors (Lipinski definition) is 1. The average Bonchev–Trinajstić information content (AvgIpc) is 3.45. The summed E-state index contributed by atoms with van der Waals surface area (Å²) >= 11 is 0. The van der Waals surface area contributed by atoms with Crippen molar-refractivity contribution in [2.24, 2.45) is 0 Å². The van der Waals surface area contributed by atoms with Gasteiger partial charge in [0.1, 0.15) is 5.75 Å². The lowest BCUT2D eigenvalue weighted by Gasteiger charge is -2.19. The first-order valence-electron chi connectivity index (χ1n) is 12.9. The Bertz CT molecular complexity index is 1880. The zero-order valence-electron chi connectivity index (χ0n) is 23.7. The summed E-state index contributed by atoms with van der Waals surface area (Å²) in [6.45, 7) is 1.73. The Morgan fingerprint density at radius 1 is 0.810 bits per heavy atom. The van der Waals surface area contributed by atoms with Crippen molar-refractivity contribution >= 4 is 37.7 Å². The van der Waals surface area contributed by atoms with Gasteiger partial charge in [0, 0.05) is 17.0 Å². The summed E-state index contributed by atoms with van der Waals surface area (Å²) < 4.78 is 54.9. The van der Waals surface area contributed by atoms with E-state index in [0.29, 0.717) is 56.1 Å². The molecule has 12 heteroatoms. The number of benzene rings is 3. The molecule has 0 atom stereocenters. The molecule has 2 heterocycles. The van der Waals surface area contributed by atoms with Crippen molar-refractivity contribution in [1.82, 2.24) is 15.0 Å². The van der Waals surface area contributed by atoms with E-state index in [0.717, 1.165) is 0 Å². The summed E-state index contributed by atoms with van der Waals surface area (Å²) in [5.74, 6) is 0.292. The Hall–Kier alpha value is -4.84. The zero-order chi connectivity index (χ0) is 30.0. The monoisotopic (exact) mass is 591 g/mol. The van der Waals surface area contributed by atoms with Crippen LogP contribution in [0, 0.1) is 0 Å². The fourth-order valence-corrected chi connectivity index (χ4v) is 5.99. The molecule has 0 fully saturated rings. The number of pyridine rings is 1. The van der Waals surface area contributed by atoms with Crippen molar-refractivity contribution in [3.8, 4) is 34.1 Å². The van der Waals surface area contributed by atoms with Gasteiger partial charge in [-0.3, -0.25) is 4.98 Å². The number of ether oxygens (including phenoxy) is 5. The Morgan fingerprint density at radius 3 is 2.14 bits per heavy atom. The van der Waals surface area contributed by atoms with Crippen molar-refractivity contribution in [2.75, 3.05) is 35.0 Å². The Morgan fingerprint density at radius 2 is 1.48 bits per heavy atom. The SMILES string of the molecule is CCOC(=O)c1c(CS(=O)(=O)c2nc3ccccc3[nH]2)nc2cc(OC)c(OC)cc2c1-c1ccc(OC)c(OC)c1. The number of fused-ring (bicyclic) bond motifs is 2. The second kappa shape index (κ2) is 11.6. The van der Waals surface area contributed by atoms with Gasteiger partial charge in [-0.25, -0.2) is 18.2 Å². The number of carbonyl (C=O) groups excluding carboxylic acids is 1. The number of para-hydroxylation sites is 2. The standard InChI is InChI=1S/C30H29N3O8S/c1-6-41-29(34)28-22(16-42(35,36)30-32-19-9-7-8-10-20(19)33-30)31-21-15-26(40-5)25(39-4)14-18(21)27(28)17-11-12-23(37-2)24(13-17)38-3/h7-15H,6,16H2,1-5H3,(H,32,33). The lowest BCUT2D eigenvalue weighted by Crippen LogP contribution is -2.16. The minimum Gasteiger partial charge on any atom is -0.493 e. The van der Waals surface area contributed by atoms with Crippen LogP contribution in [-0.2, 0) is 20.3 Å². The van der Waals surface area contributed by atoms with Crippen molar-refractivity contribution in [3.63, 3.8) is 0 Å². The number of carbonyl (C=O) groups is 1. The van der Waals surface area contributed by atoms with Crippen LogP contribution in [0.4, 0.5) is 0 Å². The van der Waals surface area contributed by atoms with Crippen LogP contribution in [0.3, 0.4) is 0 Å². The van der Waals surface area contributed by atoms with Gasteiger partial charge in [0.2, 0.25) is 15.0 Å². The van der Waals surface area contributed by atoms with Crippen LogP contribution < -0.4 is 18.9 Å². The van der Waals surface area contributed by atoms with E-state index in [-0.39, 0.29) is 23.0 Å². The van der Waals surface area contributed by atoms with Gasteiger partial charge in [-0.05, 0) is 42.8 Å². The van der Waals surface area contributed by atoms with Gasteiger partial charge in [0.15, 0.2) is 23.0 Å². The zero-order valence-corrected chi connectivity index (χ0v) is 24.5. The van der Waals surface area contributed by atoms with Gasteiger partial charge in [-0.15, -0.1) is 0 Å². The Kier molecular flexibility index (Phi) is 7.90. The highest BCUT2D eigenvalue weighted by Gasteiger charge is 2.30. The van der Waals surface area contributed by atoms with Crippen molar-refractivity contribution < 1.29 is 36.9 Å². The van der Waals surface area contributed by atoms with Gasteiger partial charge in [-0.2, -0.15) is 0 Å². The van der Waals surface area contributed by atoms with Crippen LogP contribution in [0.5, 0.6) is 23.0 Å². The summed E-state index contributed by atoms with van der Waals surface area (Å²) in [6, 6.07) is 15.4. The molecule has 5 aromatic rings. The number of hydrogen-bond acceptors (Lipinski definition) is 10. The minimum absolute atomic E-state index is 0.0107. The molecule has 218 valence electrons. The number of rotatable bonds is 10. The molecular formula is C30H29N3O8S. The number of imidazole rings is 1. The van der Waals surface area contributed by atoms with Crippen LogP contribution in [0.25, 0.3) is 33.1 Å². The number of H-pyrrole nitrogens is 1. The van der Waals surface area contributed by atoms with E-state index in [9.17, 15) is 13.2 Å². The molecule has 2 aromatic heterocycles. The van der Waals surface area contributed by atoms with Crippen LogP contribution in [0.1, 0.15) is 23.0 Å². The van der Waals surface area contributed by atoms with E-state index in [2.05, 4.69) is 15.0 Å². The molecule has 1 N–H and O–H groups in total. The quantitative estimate of drug-likeness (QED) is 0.222. The maximum Gasteiger partial charge on any atom is 0.340 e. The van der Waals surface area contributed by atoms with Gasteiger partial charge >= 0.3 is 5.97 Å². The number of esters is 1. The number of methoxy groups -OCH3 is 4. The predicted octanol–water partition coefficient (Wildman–Crippen LogP) is 4.96. The lowest BCUT2D eigenvalue weighted by atomic mass is 9.93. The Labute approximate surface area is 242 Å². The maximum atomic E-state index is 13.7. The fraction of sp³-hybridized carbons (Fsp3) is 0.233. The van der Waals surface area contributed by atoms with Crippen LogP contribution >= 0.6 is 0 Å². The summed E-state index contributed by atoms with van der Waals surface area (Å²) in [5.41, 5.74) is 2.34. The van der Waals surface area contributed by atoms with Crippen LogP contribution in [0.15, 0.2) is 59.8 Å². The van der Waals surface area contributed by atoms with Gasteiger partial charge in [0.05, 0.1) is 62.9 Å². The predicted molar refractivity (Wildman–Crippen MR) is 156 cm³/mol. The second-order valence-corrected chi connectivity index (χ2v) is 11.0. The molecule has 0 saturated heterocycles. The summed E-state index contributed by atoms with van der Waals surface area (Å²) in [5, 5.41) is 0.271.